The van der Waals surface area contributed by atoms with E-state index in [1.807, 2.05) is 13.8 Å². The van der Waals surface area contributed by atoms with Gasteiger partial charge in [0.15, 0.2) is 0 Å². The summed E-state index contributed by atoms with van der Waals surface area (Å²) in [6, 6.07) is 5.26. The second-order valence-electron chi connectivity index (χ2n) is 3.82. The molecule has 0 fully saturated rings. The fourth-order valence-corrected chi connectivity index (χ4v) is 1.49. The second kappa shape index (κ2) is 6.47. The van der Waals surface area contributed by atoms with Gasteiger partial charge in [-0.2, -0.15) is 0 Å². The van der Waals surface area contributed by atoms with Gasteiger partial charge in [-0.1, -0.05) is 17.7 Å². The summed E-state index contributed by atoms with van der Waals surface area (Å²) in [6.45, 7) is 3.73. The van der Waals surface area contributed by atoms with E-state index in [9.17, 15) is 4.79 Å². The van der Waals surface area contributed by atoms with Gasteiger partial charge < -0.3 is 14.6 Å². The number of aliphatic carboxylic acids is 1. The zero-order valence-electron chi connectivity index (χ0n) is 9.77. The molecule has 1 rings (SSSR count). The molecule has 0 heterocycles. The van der Waals surface area contributed by atoms with Crippen LogP contribution in [-0.4, -0.2) is 23.8 Å². The average molecular weight is 259 g/mol. The topological polar surface area (TPSA) is 55.8 Å². The van der Waals surface area contributed by atoms with Gasteiger partial charge in [-0.05, 0) is 31.5 Å². The highest BCUT2D eigenvalue weighted by Gasteiger charge is 2.05. The number of carboxylic acid groups (broad SMARTS) is 1. The number of ether oxygens (including phenoxy) is 2. The predicted molar refractivity (Wildman–Crippen MR) is 64.5 cm³/mol. The molecule has 0 radical (unpaired) electrons. The molecule has 0 unspecified atom stereocenters. The van der Waals surface area contributed by atoms with Crippen molar-refractivity contribution < 1.29 is 19.4 Å². The summed E-state index contributed by atoms with van der Waals surface area (Å²) in [7, 11) is 0. The molecule has 0 amide bonds. The van der Waals surface area contributed by atoms with Crippen LogP contribution in [0, 0.1) is 0 Å². The minimum atomic E-state index is -0.990. The third-order valence-electron chi connectivity index (χ3n) is 1.85. The third kappa shape index (κ3) is 5.06. The van der Waals surface area contributed by atoms with E-state index in [1.165, 1.54) is 0 Å². The predicted octanol–water partition coefficient (Wildman–Crippen LogP) is 2.73. The Bertz CT molecular complexity index is 390. The molecule has 0 saturated carbocycles. The number of rotatable bonds is 6. The van der Waals surface area contributed by atoms with Crippen LogP contribution >= 0.6 is 11.6 Å². The van der Waals surface area contributed by atoms with Crippen LogP contribution in [0.2, 0.25) is 5.02 Å². The molecule has 1 aromatic carbocycles. The second-order valence-corrected chi connectivity index (χ2v) is 4.23. The van der Waals surface area contributed by atoms with E-state index in [4.69, 9.17) is 26.2 Å². The highest BCUT2D eigenvalue weighted by atomic mass is 35.5. The lowest BCUT2D eigenvalue weighted by Crippen LogP contribution is -2.07. The highest BCUT2D eigenvalue weighted by Crippen LogP contribution is 2.26. The lowest BCUT2D eigenvalue weighted by Gasteiger charge is -2.12. The van der Waals surface area contributed by atoms with Crippen LogP contribution in [0.15, 0.2) is 18.2 Å². The maximum absolute atomic E-state index is 10.3. The maximum atomic E-state index is 10.3. The molecule has 0 aromatic heterocycles. The molecule has 94 valence electrons. The van der Waals surface area contributed by atoms with Gasteiger partial charge in [-0.3, -0.25) is 0 Å². The molecule has 0 spiro atoms. The molecule has 5 heteroatoms. The number of carbonyl (C=O) groups is 1. The van der Waals surface area contributed by atoms with Crippen LogP contribution in [0.5, 0.6) is 5.75 Å². The first-order valence-electron chi connectivity index (χ1n) is 5.23. The SMILES string of the molecule is CC(C)Oc1ccc(COCC(=O)O)cc1Cl. The first kappa shape index (κ1) is 13.8. The van der Waals surface area contributed by atoms with E-state index in [0.717, 1.165) is 5.56 Å². The quantitative estimate of drug-likeness (QED) is 0.852. The number of hydrogen-bond donors (Lipinski definition) is 1. The van der Waals surface area contributed by atoms with Gasteiger partial charge in [-0.25, -0.2) is 4.79 Å². The van der Waals surface area contributed by atoms with Crippen molar-refractivity contribution in [1.82, 2.24) is 0 Å². The third-order valence-corrected chi connectivity index (χ3v) is 2.15. The molecule has 1 N–H and O–H groups in total. The highest BCUT2D eigenvalue weighted by molar-refractivity contribution is 6.32. The minimum absolute atomic E-state index is 0.0570. The lowest BCUT2D eigenvalue weighted by molar-refractivity contribution is -0.142. The lowest BCUT2D eigenvalue weighted by atomic mass is 10.2. The molecule has 0 aliphatic carbocycles. The average Bonchev–Trinajstić information content (AvgIpc) is 2.21. The van der Waals surface area contributed by atoms with E-state index in [-0.39, 0.29) is 19.3 Å². The molecular weight excluding hydrogens is 244 g/mol. The van der Waals surface area contributed by atoms with E-state index >= 15 is 0 Å². The van der Waals surface area contributed by atoms with Gasteiger partial charge in [0.05, 0.1) is 17.7 Å². The summed E-state index contributed by atoms with van der Waals surface area (Å²) < 4.78 is 10.4. The summed E-state index contributed by atoms with van der Waals surface area (Å²) in [5.74, 6) is -0.375. The first-order chi connectivity index (χ1) is 7.99. The van der Waals surface area contributed by atoms with Crippen molar-refractivity contribution in [3.8, 4) is 5.75 Å². The van der Waals surface area contributed by atoms with Gasteiger partial charge >= 0.3 is 5.97 Å². The van der Waals surface area contributed by atoms with Gasteiger partial charge in [0.1, 0.15) is 12.4 Å². The van der Waals surface area contributed by atoms with Crippen molar-refractivity contribution in [3.05, 3.63) is 28.8 Å². The van der Waals surface area contributed by atoms with Gasteiger partial charge in [0.25, 0.3) is 0 Å². The molecule has 0 atom stereocenters. The Morgan fingerprint density at radius 3 is 2.71 bits per heavy atom. The fourth-order valence-electron chi connectivity index (χ4n) is 1.24. The van der Waals surface area contributed by atoms with Crippen LogP contribution in [0.3, 0.4) is 0 Å². The molecule has 0 saturated heterocycles. The Labute approximate surface area is 105 Å². The normalized spacial score (nSPS) is 10.6. The number of carboxylic acids is 1. The Morgan fingerprint density at radius 2 is 2.18 bits per heavy atom. The maximum Gasteiger partial charge on any atom is 0.329 e. The van der Waals surface area contributed by atoms with Gasteiger partial charge in [0, 0.05) is 0 Å². The van der Waals surface area contributed by atoms with E-state index < -0.39 is 5.97 Å². The molecular formula is C12H15ClO4. The summed E-state index contributed by atoms with van der Waals surface area (Å²) >= 11 is 6.02. The summed E-state index contributed by atoms with van der Waals surface area (Å²) in [5, 5.41) is 8.91. The first-order valence-corrected chi connectivity index (χ1v) is 5.61. The standard InChI is InChI=1S/C12H15ClO4/c1-8(2)17-11-4-3-9(5-10(11)13)6-16-7-12(14)15/h3-5,8H,6-7H2,1-2H3,(H,14,15). The zero-order chi connectivity index (χ0) is 12.8. The minimum Gasteiger partial charge on any atom is -0.489 e. The van der Waals surface area contributed by atoms with Crippen molar-refractivity contribution in [1.29, 1.82) is 0 Å². The van der Waals surface area contributed by atoms with E-state index in [1.54, 1.807) is 18.2 Å². The Hall–Kier alpha value is -1.26. The van der Waals surface area contributed by atoms with Crippen LogP contribution in [0.1, 0.15) is 19.4 Å². The molecule has 0 aliphatic heterocycles. The van der Waals surface area contributed by atoms with Crippen molar-refractivity contribution in [2.24, 2.45) is 0 Å². The summed E-state index contributed by atoms with van der Waals surface area (Å²) in [4.78, 5) is 10.3. The van der Waals surface area contributed by atoms with E-state index in [0.29, 0.717) is 10.8 Å². The van der Waals surface area contributed by atoms with Crippen LogP contribution in [-0.2, 0) is 16.1 Å². The molecule has 1 aromatic rings. The van der Waals surface area contributed by atoms with Crippen molar-refractivity contribution in [2.75, 3.05) is 6.61 Å². The molecule has 0 bridgehead atoms. The van der Waals surface area contributed by atoms with Gasteiger partial charge in [-0.15, -0.1) is 0 Å². The molecule has 4 nitrogen and oxygen atoms in total. The number of benzene rings is 1. The van der Waals surface area contributed by atoms with Crippen LogP contribution in [0.4, 0.5) is 0 Å². The Morgan fingerprint density at radius 1 is 1.47 bits per heavy atom. The number of hydrogen-bond acceptors (Lipinski definition) is 3. The monoisotopic (exact) mass is 258 g/mol. The summed E-state index contributed by atoms with van der Waals surface area (Å²) in [5.41, 5.74) is 0.812. The van der Waals surface area contributed by atoms with Crippen molar-refractivity contribution in [3.63, 3.8) is 0 Å². The van der Waals surface area contributed by atoms with Crippen LogP contribution in [0.25, 0.3) is 0 Å². The number of halogens is 1. The zero-order valence-corrected chi connectivity index (χ0v) is 10.5. The Balaban J connectivity index is 2.59. The van der Waals surface area contributed by atoms with Gasteiger partial charge in [0.2, 0.25) is 0 Å². The van der Waals surface area contributed by atoms with Crippen molar-refractivity contribution >= 4 is 17.6 Å². The largest absolute Gasteiger partial charge is 0.489 e. The smallest absolute Gasteiger partial charge is 0.329 e. The van der Waals surface area contributed by atoms with E-state index in [2.05, 4.69) is 0 Å². The van der Waals surface area contributed by atoms with Crippen molar-refractivity contribution in [2.45, 2.75) is 26.6 Å². The molecule has 17 heavy (non-hydrogen) atoms. The molecule has 0 aliphatic rings. The van der Waals surface area contributed by atoms with Crippen LogP contribution < -0.4 is 4.74 Å². The summed E-state index contributed by atoms with van der Waals surface area (Å²) in [6.07, 6.45) is 0.0570. The fraction of sp³-hybridized carbons (Fsp3) is 0.417. The Kier molecular flexibility index (Phi) is 5.25.